The Bertz CT molecular complexity index is 983. The summed E-state index contributed by atoms with van der Waals surface area (Å²) >= 11 is 0. The molecule has 0 aliphatic rings. The molecular formula is C22H22N2O2. The minimum atomic E-state index is -0.623. The van der Waals surface area contributed by atoms with Crippen molar-refractivity contribution in [2.75, 3.05) is 0 Å². The topological polar surface area (TPSA) is 58.7 Å². The van der Waals surface area contributed by atoms with Crippen LogP contribution in [0.2, 0.25) is 0 Å². The molecule has 0 spiro atoms. The molecule has 26 heavy (non-hydrogen) atoms. The van der Waals surface area contributed by atoms with Crippen molar-refractivity contribution in [2.45, 2.75) is 26.8 Å². The first-order valence-electron chi connectivity index (χ1n) is 8.60. The predicted octanol–water partition coefficient (Wildman–Crippen LogP) is 4.73. The molecule has 0 saturated heterocycles. The van der Waals surface area contributed by atoms with Crippen molar-refractivity contribution in [2.24, 2.45) is 5.16 Å². The maximum Gasteiger partial charge on any atom is 0.206 e. The summed E-state index contributed by atoms with van der Waals surface area (Å²) in [7, 11) is 0. The second-order valence-electron chi connectivity index (χ2n) is 6.47. The molecule has 132 valence electrons. The van der Waals surface area contributed by atoms with E-state index in [0.717, 1.165) is 32.2 Å². The van der Waals surface area contributed by atoms with E-state index in [0.29, 0.717) is 11.4 Å². The lowest BCUT2D eigenvalue weighted by atomic mass is 10.00. The van der Waals surface area contributed by atoms with E-state index in [9.17, 15) is 10.4 Å². The molecule has 0 aromatic heterocycles. The highest BCUT2D eigenvalue weighted by molar-refractivity contribution is 6.08. The van der Waals surface area contributed by atoms with Gasteiger partial charge >= 0.3 is 0 Å². The fourth-order valence-corrected chi connectivity index (χ4v) is 3.17. The number of hydroxylamine groups is 1. The largest absolute Gasteiger partial charge is 0.623 e. The van der Waals surface area contributed by atoms with Gasteiger partial charge in [0.25, 0.3) is 0 Å². The average molecular weight is 346 g/mol. The van der Waals surface area contributed by atoms with E-state index in [4.69, 9.17) is 0 Å². The number of fused-ring (bicyclic) bond motifs is 1. The highest BCUT2D eigenvalue weighted by Crippen LogP contribution is 2.20. The van der Waals surface area contributed by atoms with Gasteiger partial charge in [-0.25, -0.2) is 4.74 Å². The van der Waals surface area contributed by atoms with Crippen LogP contribution in [0.15, 0.2) is 71.9 Å². The molecule has 0 amide bonds. The molecule has 0 saturated carbocycles. The molecule has 1 unspecified atom stereocenters. The Hall–Kier alpha value is -3.14. The minimum absolute atomic E-state index is 0.347. The van der Waals surface area contributed by atoms with Gasteiger partial charge in [-0.15, -0.1) is 0 Å². The summed E-state index contributed by atoms with van der Waals surface area (Å²) in [5, 5.41) is 28.0. The van der Waals surface area contributed by atoms with Gasteiger partial charge in [0.1, 0.15) is 0 Å². The van der Waals surface area contributed by atoms with Crippen molar-refractivity contribution >= 4 is 22.2 Å². The Kier molecular flexibility index (Phi) is 5.03. The van der Waals surface area contributed by atoms with Crippen LogP contribution in [0, 0.1) is 12.1 Å². The van der Waals surface area contributed by atoms with Crippen molar-refractivity contribution in [3.63, 3.8) is 0 Å². The zero-order chi connectivity index (χ0) is 18.7. The molecule has 0 heterocycles. The van der Waals surface area contributed by atoms with E-state index in [2.05, 4.69) is 5.16 Å². The summed E-state index contributed by atoms with van der Waals surface area (Å²) in [6.07, 6.45) is 0. The number of rotatable bonds is 4. The van der Waals surface area contributed by atoms with Crippen LogP contribution in [0.3, 0.4) is 0 Å². The van der Waals surface area contributed by atoms with Crippen molar-refractivity contribution in [3.8, 4) is 0 Å². The zero-order valence-corrected chi connectivity index (χ0v) is 15.2. The van der Waals surface area contributed by atoms with Crippen LogP contribution in [0.1, 0.15) is 30.5 Å². The monoisotopic (exact) mass is 346 g/mol. The lowest BCUT2D eigenvalue weighted by Crippen LogP contribution is -2.32. The second kappa shape index (κ2) is 7.40. The van der Waals surface area contributed by atoms with Crippen LogP contribution in [0.5, 0.6) is 0 Å². The SMILES string of the molecule is C/C(c1cccc2ccccc12)=[N+](/[O-])C(C)/C(=N/O)c1ccc(C)cc1. The van der Waals surface area contributed by atoms with Crippen LogP contribution >= 0.6 is 0 Å². The van der Waals surface area contributed by atoms with Gasteiger partial charge in [0.2, 0.25) is 6.04 Å². The average Bonchev–Trinajstić information content (AvgIpc) is 2.68. The highest BCUT2D eigenvalue weighted by atomic mass is 16.5. The molecule has 1 N–H and O–H groups in total. The van der Waals surface area contributed by atoms with Gasteiger partial charge in [0.15, 0.2) is 11.4 Å². The van der Waals surface area contributed by atoms with E-state index in [1.54, 1.807) is 13.8 Å². The maximum atomic E-state index is 13.0. The third-order valence-electron chi connectivity index (χ3n) is 4.71. The summed E-state index contributed by atoms with van der Waals surface area (Å²) in [6, 6.07) is 20.9. The number of oxime groups is 1. The van der Waals surface area contributed by atoms with Crippen LogP contribution < -0.4 is 0 Å². The third kappa shape index (κ3) is 3.31. The van der Waals surface area contributed by atoms with E-state index >= 15 is 0 Å². The summed E-state index contributed by atoms with van der Waals surface area (Å²) in [6.45, 7) is 5.53. The van der Waals surface area contributed by atoms with Crippen molar-refractivity contribution in [1.29, 1.82) is 0 Å². The summed E-state index contributed by atoms with van der Waals surface area (Å²) in [5.74, 6) is 0. The number of hydrogen-bond acceptors (Lipinski definition) is 3. The Balaban J connectivity index is 2.04. The van der Waals surface area contributed by atoms with Crippen molar-refractivity contribution in [3.05, 3.63) is 88.6 Å². The molecule has 4 nitrogen and oxygen atoms in total. The van der Waals surface area contributed by atoms with Crippen molar-refractivity contribution < 1.29 is 9.95 Å². The fourth-order valence-electron chi connectivity index (χ4n) is 3.17. The summed E-state index contributed by atoms with van der Waals surface area (Å²) < 4.78 is 0.913. The first-order valence-corrected chi connectivity index (χ1v) is 8.60. The molecule has 3 aromatic rings. The number of aryl methyl sites for hydroxylation is 1. The minimum Gasteiger partial charge on any atom is -0.623 e. The Morgan fingerprint density at radius 3 is 2.35 bits per heavy atom. The van der Waals surface area contributed by atoms with Gasteiger partial charge in [-0.2, -0.15) is 0 Å². The first-order chi connectivity index (χ1) is 12.5. The Morgan fingerprint density at radius 2 is 1.65 bits per heavy atom. The Labute approximate surface area is 153 Å². The Morgan fingerprint density at radius 1 is 1.00 bits per heavy atom. The third-order valence-corrected chi connectivity index (χ3v) is 4.71. The first kappa shape index (κ1) is 17.7. The quantitative estimate of drug-likeness (QED) is 0.244. The molecule has 3 aromatic carbocycles. The van der Waals surface area contributed by atoms with E-state index < -0.39 is 6.04 Å². The lowest BCUT2D eigenvalue weighted by Gasteiger charge is -2.17. The molecule has 0 fully saturated rings. The van der Waals surface area contributed by atoms with Crippen LogP contribution in [0.25, 0.3) is 10.8 Å². The summed E-state index contributed by atoms with van der Waals surface area (Å²) in [5.41, 5.74) is 3.65. The second-order valence-corrected chi connectivity index (χ2v) is 6.47. The highest BCUT2D eigenvalue weighted by Gasteiger charge is 2.23. The van der Waals surface area contributed by atoms with Crippen LogP contribution in [0.4, 0.5) is 0 Å². The molecule has 0 bridgehead atoms. The van der Waals surface area contributed by atoms with Gasteiger partial charge < -0.3 is 10.4 Å². The maximum absolute atomic E-state index is 13.0. The van der Waals surface area contributed by atoms with Gasteiger partial charge in [0, 0.05) is 25.0 Å². The standard InChI is InChI=1S/C22H22N2O2/c1-15-11-13-19(14-12-15)22(23-25)17(3)24(26)16(2)20-10-6-8-18-7-4-5-9-21(18)20/h4-14,17,25H,1-3H3/b23-22-,24-16-. The zero-order valence-electron chi connectivity index (χ0n) is 15.2. The van der Waals surface area contributed by atoms with Gasteiger partial charge in [0.05, 0.1) is 0 Å². The number of nitrogens with zero attached hydrogens (tertiary/aromatic N) is 2. The predicted molar refractivity (Wildman–Crippen MR) is 106 cm³/mol. The molecular weight excluding hydrogens is 324 g/mol. The van der Waals surface area contributed by atoms with E-state index in [1.165, 1.54) is 0 Å². The summed E-state index contributed by atoms with van der Waals surface area (Å²) in [4.78, 5) is 0. The smallest absolute Gasteiger partial charge is 0.206 e. The molecule has 1 atom stereocenters. The molecule has 3 rings (SSSR count). The number of benzene rings is 3. The molecule has 4 heteroatoms. The van der Waals surface area contributed by atoms with Crippen LogP contribution in [-0.2, 0) is 0 Å². The normalized spacial score (nSPS) is 14.2. The molecule has 0 aliphatic heterocycles. The lowest BCUT2D eigenvalue weighted by molar-refractivity contribution is -0.476. The van der Waals surface area contributed by atoms with Gasteiger partial charge in [-0.1, -0.05) is 71.4 Å². The van der Waals surface area contributed by atoms with Gasteiger partial charge in [-0.05, 0) is 23.8 Å². The van der Waals surface area contributed by atoms with E-state index in [-0.39, 0.29) is 0 Å². The fraction of sp³-hybridized carbons (Fsp3) is 0.182. The molecule has 0 aliphatic carbocycles. The van der Waals surface area contributed by atoms with Gasteiger partial charge in [-0.3, -0.25) is 0 Å². The van der Waals surface area contributed by atoms with E-state index in [1.807, 2.05) is 73.7 Å². The van der Waals surface area contributed by atoms with Crippen molar-refractivity contribution in [1.82, 2.24) is 0 Å². The van der Waals surface area contributed by atoms with Crippen LogP contribution in [-0.4, -0.2) is 27.4 Å². The molecule has 0 radical (unpaired) electrons. The number of hydrogen-bond donors (Lipinski definition) is 1.